The minimum Gasteiger partial charge on any atom is -0.478 e. The number of carboxylic acids is 1. The molecule has 0 radical (unpaired) electrons. The Morgan fingerprint density at radius 3 is 2.37 bits per heavy atom. The van der Waals surface area contributed by atoms with E-state index in [2.05, 4.69) is 15.3 Å². The van der Waals surface area contributed by atoms with Crippen LogP contribution in [-0.2, 0) is 0 Å². The van der Waals surface area contributed by atoms with Crippen molar-refractivity contribution in [2.75, 3.05) is 5.32 Å². The highest BCUT2D eigenvalue weighted by molar-refractivity contribution is 6.33. The highest BCUT2D eigenvalue weighted by Gasteiger charge is 2.15. The number of anilines is 1. The van der Waals surface area contributed by atoms with Crippen molar-refractivity contribution in [3.05, 3.63) is 80.2 Å². The predicted molar refractivity (Wildman–Crippen MR) is 102 cm³/mol. The van der Waals surface area contributed by atoms with E-state index < -0.39 is 17.4 Å². The van der Waals surface area contributed by atoms with Crippen molar-refractivity contribution >= 4 is 40.8 Å². The van der Waals surface area contributed by atoms with Gasteiger partial charge in [0.2, 0.25) is 0 Å². The number of rotatable bonds is 4. The van der Waals surface area contributed by atoms with Gasteiger partial charge in [-0.05, 0) is 42.5 Å². The van der Waals surface area contributed by atoms with Gasteiger partial charge in [0, 0.05) is 22.5 Å². The molecule has 27 heavy (non-hydrogen) atoms. The van der Waals surface area contributed by atoms with Crippen LogP contribution < -0.4 is 10.9 Å². The van der Waals surface area contributed by atoms with Gasteiger partial charge in [-0.15, -0.1) is 0 Å². The Kier molecular flexibility index (Phi) is 5.25. The van der Waals surface area contributed by atoms with E-state index in [4.69, 9.17) is 28.3 Å². The van der Waals surface area contributed by atoms with E-state index in [1.54, 1.807) is 24.3 Å². The van der Waals surface area contributed by atoms with Crippen LogP contribution in [0.2, 0.25) is 10.0 Å². The van der Waals surface area contributed by atoms with Gasteiger partial charge in [0.05, 0.1) is 10.6 Å². The van der Waals surface area contributed by atoms with Crippen LogP contribution in [0.3, 0.4) is 0 Å². The summed E-state index contributed by atoms with van der Waals surface area (Å²) in [5.41, 5.74) is -0.214. The summed E-state index contributed by atoms with van der Waals surface area (Å²) in [5, 5.41) is 12.1. The van der Waals surface area contributed by atoms with Crippen molar-refractivity contribution < 1.29 is 14.7 Å². The van der Waals surface area contributed by atoms with Crippen molar-refractivity contribution in [2.45, 2.75) is 0 Å². The first-order chi connectivity index (χ1) is 12.8. The number of nitrogens with zero attached hydrogens (tertiary/aromatic N) is 1. The largest absolute Gasteiger partial charge is 0.478 e. The minimum absolute atomic E-state index is 0.0346. The van der Waals surface area contributed by atoms with Gasteiger partial charge in [0.15, 0.2) is 0 Å². The first-order valence-corrected chi connectivity index (χ1v) is 8.30. The molecule has 0 saturated heterocycles. The van der Waals surface area contributed by atoms with Crippen LogP contribution in [0.5, 0.6) is 0 Å². The van der Waals surface area contributed by atoms with Gasteiger partial charge in [-0.1, -0.05) is 23.2 Å². The lowest BCUT2D eigenvalue weighted by Crippen LogP contribution is -2.24. The Bertz CT molecular complexity index is 1090. The van der Waals surface area contributed by atoms with Crippen molar-refractivity contribution in [3.8, 4) is 11.4 Å². The number of hydrogen-bond acceptors (Lipinski definition) is 4. The standard InChI is InChI=1S/C18H11Cl2N3O4/c19-10-3-1-9(2-4-10)15-21-8-13(17(25)23-15)16(24)22-11-5-6-14(20)12(7-11)18(26)27/h1-8H,(H,22,24)(H,26,27)(H,21,23,25). The molecule has 0 fully saturated rings. The maximum Gasteiger partial charge on any atom is 0.337 e. The van der Waals surface area contributed by atoms with Crippen molar-refractivity contribution in [1.82, 2.24) is 9.97 Å². The summed E-state index contributed by atoms with van der Waals surface area (Å²) in [7, 11) is 0. The second kappa shape index (κ2) is 7.61. The molecule has 0 aliphatic heterocycles. The summed E-state index contributed by atoms with van der Waals surface area (Å²) in [6, 6.07) is 10.6. The van der Waals surface area contributed by atoms with Gasteiger partial charge in [-0.3, -0.25) is 9.59 Å². The fourth-order valence-electron chi connectivity index (χ4n) is 2.28. The molecular weight excluding hydrogens is 393 g/mol. The van der Waals surface area contributed by atoms with Crippen LogP contribution in [0.15, 0.2) is 53.5 Å². The van der Waals surface area contributed by atoms with Crippen LogP contribution in [0, 0.1) is 0 Å². The number of aromatic amines is 1. The Balaban J connectivity index is 1.85. The smallest absolute Gasteiger partial charge is 0.337 e. The first-order valence-electron chi connectivity index (χ1n) is 7.54. The maximum atomic E-state index is 12.3. The molecule has 7 nitrogen and oxygen atoms in total. The van der Waals surface area contributed by atoms with Crippen LogP contribution in [0.25, 0.3) is 11.4 Å². The number of hydrogen-bond donors (Lipinski definition) is 3. The summed E-state index contributed by atoms with van der Waals surface area (Å²) < 4.78 is 0. The zero-order valence-corrected chi connectivity index (χ0v) is 15.0. The molecule has 1 aromatic heterocycles. The number of aromatic carboxylic acids is 1. The molecule has 0 aliphatic carbocycles. The third-order valence-electron chi connectivity index (χ3n) is 3.62. The Labute approximate surface area is 162 Å². The fraction of sp³-hybridized carbons (Fsp3) is 0. The summed E-state index contributed by atoms with van der Waals surface area (Å²) in [6.07, 6.45) is 1.14. The lowest BCUT2D eigenvalue weighted by molar-refractivity contribution is 0.0696. The van der Waals surface area contributed by atoms with E-state index in [0.717, 1.165) is 6.20 Å². The molecule has 1 heterocycles. The molecule has 2 aromatic carbocycles. The molecule has 0 bridgehead atoms. The molecule has 0 unspecified atom stereocenters. The monoisotopic (exact) mass is 403 g/mol. The number of amides is 1. The number of carboxylic acid groups (broad SMARTS) is 1. The van der Waals surface area contributed by atoms with Gasteiger partial charge in [0.25, 0.3) is 11.5 Å². The van der Waals surface area contributed by atoms with Crippen LogP contribution in [0.4, 0.5) is 5.69 Å². The van der Waals surface area contributed by atoms with Gasteiger partial charge in [-0.25, -0.2) is 9.78 Å². The number of carbonyl (C=O) groups excluding carboxylic acids is 1. The van der Waals surface area contributed by atoms with Crippen LogP contribution in [-0.4, -0.2) is 27.0 Å². The number of benzene rings is 2. The number of H-pyrrole nitrogens is 1. The molecule has 3 aromatic rings. The van der Waals surface area contributed by atoms with Crippen LogP contribution in [0.1, 0.15) is 20.7 Å². The molecule has 0 spiro atoms. The zero-order chi connectivity index (χ0) is 19.6. The second-order valence-corrected chi connectivity index (χ2v) is 6.28. The highest BCUT2D eigenvalue weighted by atomic mass is 35.5. The molecule has 0 saturated carbocycles. The lowest BCUT2D eigenvalue weighted by atomic mass is 10.2. The number of halogens is 2. The summed E-state index contributed by atoms with van der Waals surface area (Å²) in [5.74, 6) is -1.68. The normalized spacial score (nSPS) is 10.4. The molecule has 0 aliphatic rings. The van der Waals surface area contributed by atoms with E-state index in [1.165, 1.54) is 18.2 Å². The van der Waals surface area contributed by atoms with Gasteiger partial charge in [0.1, 0.15) is 11.4 Å². The number of aromatic nitrogens is 2. The predicted octanol–water partition coefficient (Wildman–Crippen LogP) is 3.69. The quantitative estimate of drug-likeness (QED) is 0.614. The van der Waals surface area contributed by atoms with E-state index >= 15 is 0 Å². The van der Waals surface area contributed by atoms with E-state index in [0.29, 0.717) is 10.6 Å². The van der Waals surface area contributed by atoms with Crippen molar-refractivity contribution in [3.63, 3.8) is 0 Å². The summed E-state index contributed by atoms with van der Waals surface area (Å²) in [6.45, 7) is 0. The minimum atomic E-state index is -1.23. The van der Waals surface area contributed by atoms with Crippen molar-refractivity contribution in [2.24, 2.45) is 0 Å². The number of carbonyl (C=O) groups is 2. The van der Waals surface area contributed by atoms with Crippen molar-refractivity contribution in [1.29, 1.82) is 0 Å². The molecule has 9 heteroatoms. The van der Waals surface area contributed by atoms with Gasteiger partial charge in [-0.2, -0.15) is 0 Å². The fourth-order valence-corrected chi connectivity index (χ4v) is 2.60. The maximum absolute atomic E-state index is 12.3. The SMILES string of the molecule is O=C(O)c1cc(NC(=O)c2cnc(-c3ccc(Cl)cc3)[nH]c2=O)ccc1Cl. The first kappa shape index (κ1) is 18.6. The average Bonchev–Trinajstić information content (AvgIpc) is 2.63. The van der Waals surface area contributed by atoms with E-state index in [9.17, 15) is 14.4 Å². The molecule has 1 amide bonds. The summed E-state index contributed by atoms with van der Waals surface area (Å²) >= 11 is 11.6. The van der Waals surface area contributed by atoms with E-state index in [1.807, 2.05) is 0 Å². The highest BCUT2D eigenvalue weighted by Crippen LogP contribution is 2.21. The zero-order valence-electron chi connectivity index (χ0n) is 13.5. The van der Waals surface area contributed by atoms with Crippen LogP contribution >= 0.6 is 23.2 Å². The molecular formula is C18H11Cl2N3O4. The number of nitrogens with one attached hydrogen (secondary N) is 2. The second-order valence-electron chi connectivity index (χ2n) is 5.44. The topological polar surface area (TPSA) is 112 Å². The third-order valence-corrected chi connectivity index (χ3v) is 4.20. The molecule has 3 rings (SSSR count). The van der Waals surface area contributed by atoms with E-state index in [-0.39, 0.29) is 27.7 Å². The Hall–Kier alpha value is -3.16. The Morgan fingerprint density at radius 1 is 1.04 bits per heavy atom. The molecule has 3 N–H and O–H groups in total. The molecule has 136 valence electrons. The van der Waals surface area contributed by atoms with Gasteiger partial charge < -0.3 is 15.4 Å². The lowest BCUT2D eigenvalue weighted by Gasteiger charge is -2.07. The third kappa shape index (κ3) is 4.16. The summed E-state index contributed by atoms with van der Waals surface area (Å²) in [4.78, 5) is 42.3. The van der Waals surface area contributed by atoms with Gasteiger partial charge >= 0.3 is 5.97 Å². The molecule has 0 atom stereocenters. The Morgan fingerprint density at radius 2 is 1.74 bits per heavy atom. The average molecular weight is 404 g/mol.